The summed E-state index contributed by atoms with van der Waals surface area (Å²) in [5.74, 6) is 2.03. The average molecular weight is 314 g/mol. The molecule has 1 aromatic heterocycles. The van der Waals surface area contributed by atoms with Crippen LogP contribution >= 0.6 is 11.8 Å². The van der Waals surface area contributed by atoms with Gasteiger partial charge in [-0.25, -0.2) is 4.98 Å². The quantitative estimate of drug-likeness (QED) is 0.882. The fraction of sp³-hybridized carbons (Fsp3) is 0.438. The highest BCUT2D eigenvalue weighted by atomic mass is 32.2. The zero-order valence-corrected chi connectivity index (χ0v) is 13.3. The lowest BCUT2D eigenvalue weighted by Crippen LogP contribution is -2.37. The molecule has 22 heavy (non-hydrogen) atoms. The predicted octanol–water partition coefficient (Wildman–Crippen LogP) is 2.75. The molecule has 4 rings (SSSR count). The number of H-pyrrole nitrogens is 1. The van der Waals surface area contributed by atoms with Crippen LogP contribution in [-0.4, -0.2) is 32.9 Å². The molecule has 114 valence electrons. The van der Waals surface area contributed by atoms with Crippen LogP contribution in [0.4, 0.5) is 5.69 Å². The zero-order valence-electron chi connectivity index (χ0n) is 12.5. The van der Waals surface area contributed by atoms with Crippen LogP contribution < -0.4 is 4.90 Å². The molecule has 1 aliphatic carbocycles. The molecule has 1 saturated carbocycles. The second kappa shape index (κ2) is 5.43. The summed E-state index contributed by atoms with van der Waals surface area (Å²) in [6.45, 7) is 2.10. The number of benzene rings is 1. The number of para-hydroxylation sites is 1. The Morgan fingerprint density at radius 3 is 3.05 bits per heavy atom. The predicted molar refractivity (Wildman–Crippen MR) is 86.2 cm³/mol. The lowest BCUT2D eigenvalue weighted by atomic mass is 10.1. The fourth-order valence-corrected chi connectivity index (χ4v) is 3.67. The molecule has 1 N–H and O–H groups in total. The van der Waals surface area contributed by atoms with Crippen LogP contribution in [0.5, 0.6) is 0 Å². The number of carbonyl (C=O) groups excluding carboxylic acids is 1. The smallest absolute Gasteiger partial charge is 0.237 e. The van der Waals surface area contributed by atoms with Gasteiger partial charge in [-0.15, -0.1) is 5.10 Å². The fourth-order valence-electron chi connectivity index (χ4n) is 3.00. The van der Waals surface area contributed by atoms with Gasteiger partial charge in [-0.3, -0.25) is 9.89 Å². The Bertz CT molecular complexity index is 710. The number of anilines is 1. The first-order valence-electron chi connectivity index (χ1n) is 7.67. The van der Waals surface area contributed by atoms with E-state index in [2.05, 4.69) is 28.2 Å². The summed E-state index contributed by atoms with van der Waals surface area (Å²) in [7, 11) is 0. The molecule has 5 nitrogen and oxygen atoms in total. The lowest BCUT2D eigenvalue weighted by molar-refractivity contribution is -0.116. The molecule has 1 amide bonds. The highest BCUT2D eigenvalue weighted by Gasteiger charge is 2.31. The molecule has 2 aliphatic rings. The summed E-state index contributed by atoms with van der Waals surface area (Å²) in [4.78, 5) is 19.0. The molecule has 0 unspecified atom stereocenters. The Kier molecular flexibility index (Phi) is 3.41. The second-order valence-electron chi connectivity index (χ2n) is 6.01. The number of fused-ring (bicyclic) bond motifs is 1. The number of hydrogen-bond donors (Lipinski definition) is 1. The van der Waals surface area contributed by atoms with Crippen LogP contribution in [0.15, 0.2) is 29.4 Å². The van der Waals surface area contributed by atoms with E-state index in [-0.39, 0.29) is 11.9 Å². The van der Waals surface area contributed by atoms with Crippen molar-refractivity contribution in [3.8, 4) is 0 Å². The van der Waals surface area contributed by atoms with Crippen molar-refractivity contribution in [2.75, 3.05) is 10.7 Å². The highest BCUT2D eigenvalue weighted by molar-refractivity contribution is 7.99. The standard InChI is InChI=1S/C16H18N4OS/c1-10-8-12-4-2-3-5-13(12)20(10)14(21)9-22-16-17-15(18-19-16)11-6-7-11/h2-5,10-11H,6-9H2,1H3,(H,17,18,19)/t10-/m1/s1. The van der Waals surface area contributed by atoms with Crippen molar-refractivity contribution in [2.24, 2.45) is 0 Å². The Hall–Kier alpha value is -1.82. The van der Waals surface area contributed by atoms with Crippen molar-refractivity contribution in [1.82, 2.24) is 15.2 Å². The third kappa shape index (κ3) is 2.52. The molecule has 2 heterocycles. The minimum atomic E-state index is 0.125. The van der Waals surface area contributed by atoms with E-state index in [0.29, 0.717) is 16.8 Å². The van der Waals surface area contributed by atoms with E-state index in [4.69, 9.17) is 0 Å². The first kappa shape index (κ1) is 13.8. The SMILES string of the molecule is C[C@@H]1Cc2ccccc2N1C(=O)CSc1n[nH]c(C2CC2)n1. The van der Waals surface area contributed by atoms with Gasteiger partial charge in [0.2, 0.25) is 11.1 Å². The van der Waals surface area contributed by atoms with E-state index in [1.165, 1.54) is 30.2 Å². The minimum Gasteiger partial charge on any atom is -0.308 e. The minimum absolute atomic E-state index is 0.125. The number of carbonyl (C=O) groups is 1. The summed E-state index contributed by atoms with van der Waals surface area (Å²) >= 11 is 1.41. The topological polar surface area (TPSA) is 61.9 Å². The largest absolute Gasteiger partial charge is 0.308 e. The zero-order chi connectivity index (χ0) is 15.1. The summed E-state index contributed by atoms with van der Waals surface area (Å²) < 4.78 is 0. The number of rotatable bonds is 4. The first-order chi connectivity index (χ1) is 10.7. The van der Waals surface area contributed by atoms with Crippen molar-refractivity contribution >= 4 is 23.4 Å². The molecular weight excluding hydrogens is 296 g/mol. The van der Waals surface area contributed by atoms with Crippen molar-refractivity contribution in [3.05, 3.63) is 35.7 Å². The van der Waals surface area contributed by atoms with Gasteiger partial charge in [0, 0.05) is 17.6 Å². The van der Waals surface area contributed by atoms with Crippen LogP contribution in [0.3, 0.4) is 0 Å². The van der Waals surface area contributed by atoms with Crippen molar-refractivity contribution < 1.29 is 4.79 Å². The van der Waals surface area contributed by atoms with E-state index in [9.17, 15) is 4.79 Å². The van der Waals surface area contributed by atoms with Gasteiger partial charge >= 0.3 is 0 Å². The van der Waals surface area contributed by atoms with Gasteiger partial charge in [-0.05, 0) is 37.8 Å². The van der Waals surface area contributed by atoms with Crippen molar-refractivity contribution in [2.45, 2.75) is 43.3 Å². The number of amides is 1. The number of thioether (sulfide) groups is 1. The van der Waals surface area contributed by atoms with Gasteiger partial charge in [0.05, 0.1) is 5.75 Å². The van der Waals surface area contributed by atoms with Gasteiger partial charge in [0.25, 0.3) is 0 Å². The summed E-state index contributed by atoms with van der Waals surface area (Å²) in [6, 6.07) is 8.37. The van der Waals surface area contributed by atoms with Gasteiger partial charge in [0.15, 0.2) is 0 Å². The summed E-state index contributed by atoms with van der Waals surface area (Å²) in [6.07, 6.45) is 3.32. The van der Waals surface area contributed by atoms with E-state index in [1.54, 1.807) is 0 Å². The van der Waals surface area contributed by atoms with E-state index in [1.807, 2.05) is 23.1 Å². The van der Waals surface area contributed by atoms with E-state index < -0.39 is 0 Å². The molecule has 1 aliphatic heterocycles. The van der Waals surface area contributed by atoms with Gasteiger partial charge < -0.3 is 4.90 Å². The molecule has 1 fully saturated rings. The Labute approximate surface area is 133 Å². The normalized spacial score (nSPS) is 20.2. The highest BCUT2D eigenvalue weighted by Crippen LogP contribution is 2.38. The molecule has 0 saturated heterocycles. The molecule has 0 bridgehead atoms. The Morgan fingerprint density at radius 2 is 2.23 bits per heavy atom. The number of aromatic nitrogens is 3. The van der Waals surface area contributed by atoms with Crippen LogP contribution in [0.1, 0.15) is 37.1 Å². The maximum Gasteiger partial charge on any atom is 0.237 e. The molecule has 2 aromatic rings. The van der Waals surface area contributed by atoms with Gasteiger partial charge in [-0.1, -0.05) is 30.0 Å². The molecule has 6 heteroatoms. The van der Waals surface area contributed by atoms with Gasteiger partial charge in [0.1, 0.15) is 5.82 Å². The van der Waals surface area contributed by atoms with E-state index in [0.717, 1.165) is 17.9 Å². The number of nitrogens with zero attached hydrogens (tertiary/aromatic N) is 3. The summed E-state index contributed by atoms with van der Waals surface area (Å²) in [5.41, 5.74) is 2.30. The van der Waals surface area contributed by atoms with Crippen molar-refractivity contribution in [1.29, 1.82) is 0 Å². The summed E-state index contributed by atoms with van der Waals surface area (Å²) in [5, 5.41) is 7.85. The molecule has 1 aromatic carbocycles. The molecular formula is C16H18N4OS. The molecule has 0 radical (unpaired) electrons. The van der Waals surface area contributed by atoms with Crippen molar-refractivity contribution in [3.63, 3.8) is 0 Å². The lowest BCUT2D eigenvalue weighted by Gasteiger charge is -2.22. The van der Waals surface area contributed by atoms with Gasteiger partial charge in [-0.2, -0.15) is 0 Å². The molecule has 0 spiro atoms. The maximum absolute atomic E-state index is 12.6. The average Bonchev–Trinajstić information content (AvgIpc) is 3.16. The maximum atomic E-state index is 12.6. The number of nitrogens with one attached hydrogen (secondary N) is 1. The monoisotopic (exact) mass is 314 g/mol. The van der Waals surface area contributed by atoms with E-state index >= 15 is 0 Å². The van der Waals surface area contributed by atoms with Crippen LogP contribution in [0.2, 0.25) is 0 Å². The molecule has 1 atom stereocenters. The Morgan fingerprint density at radius 1 is 1.41 bits per heavy atom. The number of hydrogen-bond acceptors (Lipinski definition) is 4. The first-order valence-corrected chi connectivity index (χ1v) is 8.66. The van der Waals surface area contributed by atoms with Crippen LogP contribution in [0.25, 0.3) is 0 Å². The number of aromatic amines is 1. The third-order valence-electron chi connectivity index (χ3n) is 4.25. The second-order valence-corrected chi connectivity index (χ2v) is 6.95. The Balaban J connectivity index is 1.43. The third-order valence-corrected chi connectivity index (χ3v) is 5.08. The van der Waals surface area contributed by atoms with Crippen LogP contribution in [0, 0.1) is 0 Å². The van der Waals surface area contributed by atoms with Crippen LogP contribution in [-0.2, 0) is 11.2 Å².